The van der Waals surface area contributed by atoms with Gasteiger partial charge in [-0.3, -0.25) is 0 Å². The molecule has 15 heavy (non-hydrogen) atoms. The van der Waals surface area contributed by atoms with E-state index in [2.05, 4.69) is 38.2 Å². The van der Waals surface area contributed by atoms with E-state index >= 15 is 0 Å². The van der Waals surface area contributed by atoms with Crippen LogP contribution in [0, 0.1) is 0 Å². The van der Waals surface area contributed by atoms with Gasteiger partial charge in [-0.25, -0.2) is 0 Å². The molecule has 0 aromatic rings. The number of nitrogens with zero attached hydrogens (tertiary/aromatic N) is 1. The van der Waals surface area contributed by atoms with Crippen molar-refractivity contribution in [1.29, 1.82) is 0 Å². The van der Waals surface area contributed by atoms with Crippen LogP contribution >= 0.6 is 0 Å². The Morgan fingerprint density at radius 1 is 1.20 bits per heavy atom. The Morgan fingerprint density at radius 3 is 2.20 bits per heavy atom. The molecule has 0 aliphatic heterocycles. The first-order valence-electron chi connectivity index (χ1n) is 6.58. The van der Waals surface area contributed by atoms with Gasteiger partial charge in [0, 0.05) is 11.6 Å². The van der Waals surface area contributed by atoms with Crippen LogP contribution < -0.4 is 5.32 Å². The molecule has 2 nitrogen and oxygen atoms in total. The van der Waals surface area contributed by atoms with E-state index in [-0.39, 0.29) is 0 Å². The van der Waals surface area contributed by atoms with E-state index in [0.717, 1.165) is 6.54 Å². The summed E-state index contributed by atoms with van der Waals surface area (Å²) < 4.78 is 0. The topological polar surface area (TPSA) is 15.3 Å². The summed E-state index contributed by atoms with van der Waals surface area (Å²) in [6.07, 6.45) is 8.04. The quantitative estimate of drug-likeness (QED) is 0.728. The van der Waals surface area contributed by atoms with E-state index in [0.29, 0.717) is 11.6 Å². The Morgan fingerprint density at radius 2 is 1.80 bits per heavy atom. The lowest BCUT2D eigenvalue weighted by atomic mass is 9.85. The maximum Gasteiger partial charge on any atom is 0.0356 e. The average Bonchev–Trinajstić information content (AvgIpc) is 2.69. The van der Waals surface area contributed by atoms with Crippen molar-refractivity contribution in [2.24, 2.45) is 0 Å². The van der Waals surface area contributed by atoms with Crippen molar-refractivity contribution < 1.29 is 0 Å². The summed E-state index contributed by atoms with van der Waals surface area (Å²) in [5.41, 5.74) is 0.434. The van der Waals surface area contributed by atoms with E-state index in [1.165, 1.54) is 38.5 Å². The molecule has 1 fully saturated rings. The van der Waals surface area contributed by atoms with E-state index in [1.807, 2.05) is 0 Å². The Bertz CT molecular complexity index is 171. The summed E-state index contributed by atoms with van der Waals surface area (Å²) in [5.74, 6) is 0. The van der Waals surface area contributed by atoms with Gasteiger partial charge in [-0.15, -0.1) is 0 Å². The molecule has 0 aromatic heterocycles. The number of hydrogen-bond donors (Lipinski definition) is 1. The van der Waals surface area contributed by atoms with Gasteiger partial charge >= 0.3 is 0 Å². The Balaban J connectivity index is 2.67. The zero-order valence-electron chi connectivity index (χ0n) is 11.0. The lowest BCUT2D eigenvalue weighted by molar-refractivity contribution is 0.102. The van der Waals surface area contributed by atoms with Crippen LogP contribution in [0.1, 0.15) is 52.4 Å². The fourth-order valence-electron chi connectivity index (χ4n) is 3.13. The lowest BCUT2D eigenvalue weighted by Gasteiger charge is -2.43. The fourth-order valence-corrected chi connectivity index (χ4v) is 3.13. The van der Waals surface area contributed by atoms with Gasteiger partial charge < -0.3 is 10.2 Å². The Hall–Kier alpha value is -0.0800. The van der Waals surface area contributed by atoms with E-state index in [9.17, 15) is 0 Å². The van der Waals surface area contributed by atoms with Gasteiger partial charge in [0.2, 0.25) is 0 Å². The zero-order chi connectivity index (χ0) is 11.3. The van der Waals surface area contributed by atoms with Crippen molar-refractivity contribution in [3.63, 3.8) is 0 Å². The van der Waals surface area contributed by atoms with Gasteiger partial charge in [-0.1, -0.05) is 26.7 Å². The van der Waals surface area contributed by atoms with Crippen molar-refractivity contribution in [2.45, 2.75) is 64.0 Å². The highest BCUT2D eigenvalue weighted by molar-refractivity contribution is 5.01. The summed E-state index contributed by atoms with van der Waals surface area (Å²) >= 11 is 0. The Labute approximate surface area is 95.4 Å². The summed E-state index contributed by atoms with van der Waals surface area (Å²) in [6, 6.07) is 0.676. The monoisotopic (exact) mass is 212 g/mol. The van der Waals surface area contributed by atoms with Crippen LogP contribution in [0.2, 0.25) is 0 Å². The van der Waals surface area contributed by atoms with Crippen LogP contribution in [-0.2, 0) is 0 Å². The summed E-state index contributed by atoms with van der Waals surface area (Å²) in [4.78, 5) is 2.47. The molecule has 0 bridgehead atoms. The second-order valence-corrected chi connectivity index (χ2v) is 5.12. The summed E-state index contributed by atoms with van der Waals surface area (Å²) in [5, 5.41) is 3.74. The molecule has 0 amide bonds. The molecule has 1 unspecified atom stereocenters. The summed E-state index contributed by atoms with van der Waals surface area (Å²) in [7, 11) is 4.50. The van der Waals surface area contributed by atoms with Gasteiger partial charge in [-0.2, -0.15) is 0 Å². The highest BCUT2D eigenvalue weighted by atomic mass is 15.2. The third kappa shape index (κ3) is 2.73. The van der Waals surface area contributed by atoms with Crippen LogP contribution in [0.3, 0.4) is 0 Å². The molecule has 1 atom stereocenters. The van der Waals surface area contributed by atoms with Crippen LogP contribution in [0.25, 0.3) is 0 Å². The molecule has 1 aliphatic carbocycles. The maximum absolute atomic E-state index is 3.74. The highest BCUT2D eigenvalue weighted by Gasteiger charge is 2.41. The third-order valence-electron chi connectivity index (χ3n) is 4.06. The molecule has 0 aromatic carbocycles. The van der Waals surface area contributed by atoms with Gasteiger partial charge in [-0.05, 0) is 46.3 Å². The Kier molecular flexibility index (Phi) is 5.07. The van der Waals surface area contributed by atoms with Gasteiger partial charge in [0.1, 0.15) is 0 Å². The summed E-state index contributed by atoms with van der Waals surface area (Å²) in [6.45, 7) is 5.72. The molecule has 1 aliphatic rings. The van der Waals surface area contributed by atoms with E-state index in [1.54, 1.807) is 0 Å². The molecular weight excluding hydrogens is 184 g/mol. The van der Waals surface area contributed by atoms with E-state index < -0.39 is 0 Å². The van der Waals surface area contributed by atoms with Crippen LogP contribution in [-0.4, -0.2) is 37.1 Å². The minimum Gasteiger partial charge on any atom is -0.312 e. The molecule has 2 heteroatoms. The predicted molar refractivity (Wildman–Crippen MR) is 67.3 cm³/mol. The molecule has 1 saturated carbocycles. The smallest absolute Gasteiger partial charge is 0.0356 e. The molecule has 1 N–H and O–H groups in total. The zero-order valence-corrected chi connectivity index (χ0v) is 11.0. The first kappa shape index (κ1) is 13.0. The first-order valence-corrected chi connectivity index (χ1v) is 6.58. The molecule has 90 valence electrons. The number of hydrogen-bond acceptors (Lipinski definition) is 2. The van der Waals surface area contributed by atoms with Gasteiger partial charge in [0.05, 0.1) is 0 Å². The second kappa shape index (κ2) is 5.86. The molecule has 0 heterocycles. The van der Waals surface area contributed by atoms with Crippen LogP contribution in [0.4, 0.5) is 0 Å². The molecule has 1 rings (SSSR count). The average molecular weight is 212 g/mol. The molecule has 0 spiro atoms. The highest BCUT2D eigenvalue weighted by Crippen LogP contribution is 2.37. The SMILES string of the molecule is CCCNC(CC)C1(N(C)C)CCCC1. The first-order chi connectivity index (χ1) is 7.17. The largest absolute Gasteiger partial charge is 0.312 e. The van der Waals surface area contributed by atoms with Crippen LogP contribution in [0.5, 0.6) is 0 Å². The lowest BCUT2D eigenvalue weighted by Crippen LogP contribution is -2.57. The van der Waals surface area contributed by atoms with Gasteiger partial charge in [0.15, 0.2) is 0 Å². The van der Waals surface area contributed by atoms with Crippen molar-refractivity contribution in [1.82, 2.24) is 10.2 Å². The standard InChI is InChI=1S/C13H28N2/c1-5-11-14-12(6-2)13(15(3)4)9-7-8-10-13/h12,14H,5-11H2,1-4H3. The minimum atomic E-state index is 0.434. The fraction of sp³-hybridized carbons (Fsp3) is 1.00. The normalized spacial score (nSPS) is 22.2. The molecule has 0 saturated heterocycles. The third-order valence-corrected chi connectivity index (χ3v) is 4.06. The van der Waals surface area contributed by atoms with Gasteiger partial charge in [0.25, 0.3) is 0 Å². The van der Waals surface area contributed by atoms with Crippen molar-refractivity contribution >= 4 is 0 Å². The van der Waals surface area contributed by atoms with Crippen molar-refractivity contribution in [3.8, 4) is 0 Å². The number of rotatable bonds is 6. The van der Waals surface area contributed by atoms with E-state index in [4.69, 9.17) is 0 Å². The van der Waals surface area contributed by atoms with Crippen molar-refractivity contribution in [2.75, 3.05) is 20.6 Å². The second-order valence-electron chi connectivity index (χ2n) is 5.12. The molecular formula is C13H28N2. The number of nitrogens with one attached hydrogen (secondary N) is 1. The van der Waals surface area contributed by atoms with Crippen molar-refractivity contribution in [3.05, 3.63) is 0 Å². The number of likely N-dealkylation sites (N-methyl/N-ethyl adjacent to an activating group) is 1. The van der Waals surface area contributed by atoms with Crippen LogP contribution in [0.15, 0.2) is 0 Å². The predicted octanol–water partition coefficient (Wildman–Crippen LogP) is 2.64. The maximum atomic E-state index is 3.74. The minimum absolute atomic E-state index is 0.434. The molecule has 0 radical (unpaired) electrons.